The molecule has 0 bridgehead atoms. The Kier molecular flexibility index (Phi) is 16.9. The van der Waals surface area contributed by atoms with E-state index in [0.29, 0.717) is 26.2 Å². The zero-order valence-electron chi connectivity index (χ0n) is 14.6. The van der Waals surface area contributed by atoms with Gasteiger partial charge in [0.1, 0.15) is 0 Å². The predicted octanol–water partition coefficient (Wildman–Crippen LogP) is -1.23. The van der Waals surface area contributed by atoms with Crippen molar-refractivity contribution in [3.05, 3.63) is 0 Å². The van der Waals surface area contributed by atoms with Gasteiger partial charge in [0, 0.05) is 51.3 Å². The number of carbonyl (C=O) groups is 2. The number of likely N-dealkylation sites (N-methyl/N-ethyl adjacent to an activating group) is 1. The first-order chi connectivity index (χ1) is 11.7. The molecule has 0 aromatic heterocycles. The quantitative estimate of drug-likeness (QED) is 0.167. The maximum atomic E-state index is 12.0. The van der Waals surface area contributed by atoms with Crippen LogP contribution in [-0.4, -0.2) is 82.9 Å². The number of methoxy groups -OCH3 is 1. The average Bonchev–Trinajstić information content (AvgIpc) is 2.58. The van der Waals surface area contributed by atoms with Crippen molar-refractivity contribution in [1.82, 2.24) is 21.3 Å². The topological polar surface area (TPSA) is 118 Å². The molecule has 0 aliphatic carbocycles. The highest BCUT2D eigenvalue weighted by molar-refractivity contribution is 8.76. The Hall–Kier alpha value is -0.520. The van der Waals surface area contributed by atoms with Crippen LogP contribution in [-0.2, 0) is 14.3 Å². The zero-order valence-corrected chi connectivity index (χ0v) is 16.2. The number of nitrogens with two attached hydrogens (primary N) is 1. The van der Waals surface area contributed by atoms with E-state index in [4.69, 9.17) is 10.5 Å². The van der Waals surface area contributed by atoms with E-state index in [1.165, 1.54) is 0 Å². The fourth-order valence-corrected chi connectivity index (χ4v) is 3.49. The molecule has 0 heterocycles. The summed E-state index contributed by atoms with van der Waals surface area (Å²) < 4.78 is 4.96. The largest absolute Gasteiger partial charge is 0.384 e. The summed E-state index contributed by atoms with van der Waals surface area (Å²) >= 11 is 0. The molecule has 0 radical (unpaired) electrons. The zero-order chi connectivity index (χ0) is 18.0. The summed E-state index contributed by atoms with van der Waals surface area (Å²) in [6.45, 7) is 3.77. The molecule has 0 saturated heterocycles. The molecule has 0 rings (SSSR count). The van der Waals surface area contributed by atoms with E-state index in [-0.39, 0.29) is 18.2 Å². The van der Waals surface area contributed by atoms with Crippen molar-refractivity contribution >= 4 is 33.4 Å². The van der Waals surface area contributed by atoms with Crippen LogP contribution in [0.3, 0.4) is 0 Å². The molecular weight excluding hydrogens is 350 g/mol. The van der Waals surface area contributed by atoms with Crippen LogP contribution in [0.25, 0.3) is 0 Å². The Balaban J connectivity index is 3.77. The second-order valence-electron chi connectivity index (χ2n) is 4.86. The van der Waals surface area contributed by atoms with Gasteiger partial charge in [-0.05, 0) is 7.05 Å². The summed E-state index contributed by atoms with van der Waals surface area (Å²) in [5.74, 6) is 1.43. The molecule has 2 amide bonds. The molecule has 24 heavy (non-hydrogen) atoms. The molecule has 142 valence electrons. The first-order valence-corrected chi connectivity index (χ1v) is 10.5. The second-order valence-corrected chi connectivity index (χ2v) is 7.56. The summed E-state index contributed by atoms with van der Waals surface area (Å²) in [5, 5.41) is 11.6. The minimum atomic E-state index is -0.520. The summed E-state index contributed by atoms with van der Waals surface area (Å²) in [6, 6.07) is -0.520. The lowest BCUT2D eigenvalue weighted by molar-refractivity contribution is -0.128. The SMILES string of the molecule is CNC(CC(=O)NCCNCCN)C(=O)NCCSSCCOC. The molecule has 0 spiro atoms. The molecule has 8 nitrogen and oxygen atoms in total. The van der Waals surface area contributed by atoms with Crippen LogP contribution in [0.2, 0.25) is 0 Å². The van der Waals surface area contributed by atoms with E-state index in [1.54, 1.807) is 35.7 Å². The third-order valence-corrected chi connectivity index (χ3v) is 5.31. The van der Waals surface area contributed by atoms with E-state index >= 15 is 0 Å². The molecule has 0 aliphatic heterocycles. The van der Waals surface area contributed by atoms with Gasteiger partial charge in [-0.25, -0.2) is 0 Å². The van der Waals surface area contributed by atoms with Crippen molar-refractivity contribution < 1.29 is 14.3 Å². The van der Waals surface area contributed by atoms with Gasteiger partial charge in [0.05, 0.1) is 19.1 Å². The Labute approximate surface area is 152 Å². The number of carbonyl (C=O) groups excluding carboxylic acids is 2. The number of ether oxygens (including phenoxy) is 1. The van der Waals surface area contributed by atoms with Crippen molar-refractivity contribution in [2.45, 2.75) is 12.5 Å². The number of amides is 2. The lowest BCUT2D eigenvalue weighted by atomic mass is 10.2. The first kappa shape index (κ1) is 23.5. The standard InChI is InChI=1S/C14H31N5O3S2/c1-16-12(11-13(20)18-6-5-17-4-3-15)14(21)19-7-9-23-24-10-8-22-2/h12,16-17H,3-11,15H2,1-2H3,(H,18,20)(H,19,21). The van der Waals surface area contributed by atoms with Gasteiger partial charge in [-0.15, -0.1) is 0 Å². The van der Waals surface area contributed by atoms with Crippen molar-refractivity contribution in [1.29, 1.82) is 0 Å². The highest BCUT2D eigenvalue weighted by atomic mass is 33.1. The first-order valence-electron chi connectivity index (χ1n) is 8.01. The fourth-order valence-electron chi connectivity index (χ4n) is 1.68. The fraction of sp³-hybridized carbons (Fsp3) is 0.857. The summed E-state index contributed by atoms with van der Waals surface area (Å²) in [7, 11) is 6.76. The highest BCUT2D eigenvalue weighted by Gasteiger charge is 2.19. The van der Waals surface area contributed by atoms with Gasteiger partial charge in [0.25, 0.3) is 0 Å². The molecule has 0 aromatic rings. The van der Waals surface area contributed by atoms with E-state index < -0.39 is 6.04 Å². The van der Waals surface area contributed by atoms with Crippen molar-refractivity contribution in [2.24, 2.45) is 5.73 Å². The minimum Gasteiger partial charge on any atom is -0.384 e. The molecule has 1 unspecified atom stereocenters. The smallest absolute Gasteiger partial charge is 0.237 e. The lowest BCUT2D eigenvalue weighted by Gasteiger charge is -2.16. The van der Waals surface area contributed by atoms with Gasteiger partial charge in [0.2, 0.25) is 11.8 Å². The molecule has 0 aliphatic rings. The number of hydrogen-bond acceptors (Lipinski definition) is 8. The van der Waals surface area contributed by atoms with Crippen LogP contribution < -0.4 is 27.0 Å². The molecule has 0 aromatic carbocycles. The van der Waals surface area contributed by atoms with Gasteiger partial charge in [-0.3, -0.25) is 9.59 Å². The van der Waals surface area contributed by atoms with Crippen LogP contribution in [0.1, 0.15) is 6.42 Å². The van der Waals surface area contributed by atoms with E-state index in [9.17, 15) is 9.59 Å². The maximum absolute atomic E-state index is 12.0. The molecular formula is C14H31N5O3S2. The Morgan fingerprint density at radius 3 is 2.50 bits per heavy atom. The lowest BCUT2D eigenvalue weighted by Crippen LogP contribution is -2.46. The summed E-state index contributed by atoms with van der Waals surface area (Å²) in [6.07, 6.45) is 0.120. The predicted molar refractivity (Wildman–Crippen MR) is 102 cm³/mol. The third-order valence-electron chi connectivity index (χ3n) is 2.94. The molecule has 6 N–H and O–H groups in total. The molecule has 10 heteroatoms. The van der Waals surface area contributed by atoms with Crippen molar-refractivity contribution in [2.75, 3.05) is 65.0 Å². The van der Waals surface area contributed by atoms with Gasteiger partial charge in [-0.1, -0.05) is 21.6 Å². The van der Waals surface area contributed by atoms with E-state index in [2.05, 4.69) is 21.3 Å². The van der Waals surface area contributed by atoms with Gasteiger partial charge >= 0.3 is 0 Å². The Morgan fingerprint density at radius 1 is 1.08 bits per heavy atom. The van der Waals surface area contributed by atoms with Crippen LogP contribution in [0, 0.1) is 0 Å². The number of hydrogen-bond donors (Lipinski definition) is 5. The minimum absolute atomic E-state index is 0.120. The average molecular weight is 382 g/mol. The Morgan fingerprint density at radius 2 is 1.83 bits per heavy atom. The second kappa shape index (κ2) is 17.3. The van der Waals surface area contributed by atoms with E-state index in [0.717, 1.165) is 24.7 Å². The van der Waals surface area contributed by atoms with Crippen LogP contribution in [0.5, 0.6) is 0 Å². The summed E-state index contributed by atoms with van der Waals surface area (Å²) in [5.41, 5.74) is 5.36. The number of rotatable bonds is 16. The maximum Gasteiger partial charge on any atom is 0.237 e. The number of nitrogens with one attached hydrogen (secondary N) is 4. The van der Waals surface area contributed by atoms with Crippen LogP contribution in [0.15, 0.2) is 0 Å². The van der Waals surface area contributed by atoms with E-state index in [1.807, 2.05) is 0 Å². The van der Waals surface area contributed by atoms with Gasteiger partial charge < -0.3 is 31.7 Å². The Bertz CT molecular complexity index is 338. The van der Waals surface area contributed by atoms with Gasteiger partial charge in [-0.2, -0.15) is 0 Å². The van der Waals surface area contributed by atoms with Crippen molar-refractivity contribution in [3.8, 4) is 0 Å². The molecule has 0 fully saturated rings. The van der Waals surface area contributed by atoms with Crippen LogP contribution in [0.4, 0.5) is 0 Å². The summed E-state index contributed by atoms with van der Waals surface area (Å²) in [4.78, 5) is 23.9. The highest BCUT2D eigenvalue weighted by Crippen LogP contribution is 2.19. The molecule has 0 saturated carbocycles. The third kappa shape index (κ3) is 13.9. The van der Waals surface area contributed by atoms with Crippen molar-refractivity contribution in [3.63, 3.8) is 0 Å². The van der Waals surface area contributed by atoms with Gasteiger partial charge in [0.15, 0.2) is 0 Å². The monoisotopic (exact) mass is 381 g/mol. The van der Waals surface area contributed by atoms with Crippen LogP contribution >= 0.6 is 21.6 Å². The molecule has 1 atom stereocenters. The normalized spacial score (nSPS) is 12.0.